The van der Waals surface area contributed by atoms with Crippen LogP contribution >= 0.6 is 11.8 Å². The zero-order valence-corrected chi connectivity index (χ0v) is 17.0. The molecule has 4 rings (SSSR count). The molecule has 8 heteroatoms. The summed E-state index contributed by atoms with van der Waals surface area (Å²) in [5, 5.41) is 10.9. The fourth-order valence-electron chi connectivity index (χ4n) is 4.00. The van der Waals surface area contributed by atoms with E-state index < -0.39 is 17.0 Å². The van der Waals surface area contributed by atoms with Gasteiger partial charge in [-0.2, -0.15) is 0 Å². The van der Waals surface area contributed by atoms with Gasteiger partial charge in [-0.1, -0.05) is 42.1 Å². The molecule has 2 aliphatic heterocycles. The predicted molar refractivity (Wildman–Crippen MR) is 110 cm³/mol. The minimum atomic E-state index is -1.39. The van der Waals surface area contributed by atoms with Crippen LogP contribution in [0.5, 0.6) is 0 Å². The summed E-state index contributed by atoms with van der Waals surface area (Å²) in [6, 6.07) is 10.1. The van der Waals surface area contributed by atoms with Crippen LogP contribution in [0.4, 0.5) is 10.3 Å². The van der Waals surface area contributed by atoms with Crippen LogP contribution in [0.1, 0.15) is 30.8 Å². The van der Waals surface area contributed by atoms with E-state index in [-0.39, 0.29) is 17.3 Å². The SMILES string of the molecule is Cc1nc(N2CC3CSC(N)=NC3(c3ccccc3)C2)nc(C(C)(C)O)c1F. The van der Waals surface area contributed by atoms with Crippen molar-refractivity contribution < 1.29 is 9.50 Å². The number of fused-ring (bicyclic) bond motifs is 1. The van der Waals surface area contributed by atoms with E-state index >= 15 is 0 Å². The zero-order valence-electron chi connectivity index (χ0n) is 16.2. The van der Waals surface area contributed by atoms with Crippen LogP contribution in [0.2, 0.25) is 0 Å². The van der Waals surface area contributed by atoms with Crippen LogP contribution in [0.15, 0.2) is 35.3 Å². The van der Waals surface area contributed by atoms with Crippen LogP contribution < -0.4 is 10.6 Å². The van der Waals surface area contributed by atoms with Gasteiger partial charge in [-0.3, -0.25) is 0 Å². The number of aliphatic hydroxyl groups is 1. The number of aromatic nitrogens is 2. The Morgan fingerprint density at radius 1 is 1.29 bits per heavy atom. The molecule has 0 amide bonds. The van der Waals surface area contributed by atoms with Gasteiger partial charge in [0.1, 0.15) is 16.8 Å². The Hall–Kier alpha value is -2.19. The maximum atomic E-state index is 14.5. The Bertz CT molecular complexity index is 930. The molecule has 0 radical (unpaired) electrons. The number of hydrogen-bond donors (Lipinski definition) is 2. The lowest BCUT2D eigenvalue weighted by molar-refractivity contribution is 0.0691. The number of benzene rings is 1. The summed E-state index contributed by atoms with van der Waals surface area (Å²) in [6.07, 6.45) is 0. The standard InChI is InChI=1S/C20H24FN5OS/c1-12-15(21)16(19(2,3)27)24-18(23-12)26-9-14-10-28-17(22)25-20(14,11-26)13-7-5-4-6-8-13/h4-8,14,27H,9-11H2,1-3H3,(H2,22,25). The van der Waals surface area contributed by atoms with E-state index in [0.717, 1.165) is 11.3 Å². The highest BCUT2D eigenvalue weighted by Crippen LogP contribution is 2.46. The fraction of sp³-hybridized carbons (Fsp3) is 0.450. The van der Waals surface area contributed by atoms with Gasteiger partial charge in [0, 0.05) is 18.2 Å². The summed E-state index contributed by atoms with van der Waals surface area (Å²) in [4.78, 5) is 15.7. The Morgan fingerprint density at radius 3 is 2.68 bits per heavy atom. The molecule has 2 unspecified atom stereocenters. The van der Waals surface area contributed by atoms with Crippen molar-refractivity contribution in [2.45, 2.75) is 31.9 Å². The first kappa shape index (κ1) is 19.1. The molecule has 2 aliphatic rings. The Balaban J connectivity index is 1.78. The molecule has 3 heterocycles. The fourth-order valence-corrected chi connectivity index (χ4v) is 4.98. The van der Waals surface area contributed by atoms with E-state index in [9.17, 15) is 9.50 Å². The van der Waals surface area contributed by atoms with Gasteiger partial charge in [0.15, 0.2) is 11.0 Å². The number of halogens is 1. The molecule has 0 spiro atoms. The Labute approximate surface area is 168 Å². The first-order valence-electron chi connectivity index (χ1n) is 9.26. The van der Waals surface area contributed by atoms with Crippen LogP contribution in [-0.4, -0.2) is 39.1 Å². The molecule has 6 nitrogen and oxygen atoms in total. The van der Waals surface area contributed by atoms with Crippen LogP contribution in [0.25, 0.3) is 0 Å². The highest BCUT2D eigenvalue weighted by Gasteiger charge is 2.50. The lowest BCUT2D eigenvalue weighted by atomic mass is 9.82. The highest BCUT2D eigenvalue weighted by molar-refractivity contribution is 8.13. The second kappa shape index (κ2) is 6.70. The maximum absolute atomic E-state index is 14.5. The molecule has 1 aromatic heterocycles. The number of aryl methyl sites for hydroxylation is 1. The molecule has 2 aromatic rings. The van der Waals surface area contributed by atoms with Gasteiger partial charge in [0.25, 0.3) is 0 Å². The molecule has 3 N–H and O–H groups in total. The minimum Gasteiger partial charge on any atom is -0.384 e. The Morgan fingerprint density at radius 2 is 2.00 bits per heavy atom. The molecule has 1 saturated heterocycles. The molecular weight excluding hydrogens is 377 g/mol. The summed E-state index contributed by atoms with van der Waals surface area (Å²) >= 11 is 1.56. The van der Waals surface area contributed by atoms with Gasteiger partial charge in [-0.05, 0) is 26.3 Å². The van der Waals surface area contributed by atoms with Crippen LogP contribution in [0, 0.1) is 18.7 Å². The molecular formula is C20H24FN5OS. The summed E-state index contributed by atoms with van der Waals surface area (Å²) in [5.74, 6) is 0.925. The molecule has 1 aromatic carbocycles. The summed E-state index contributed by atoms with van der Waals surface area (Å²) in [7, 11) is 0. The summed E-state index contributed by atoms with van der Waals surface area (Å²) < 4.78 is 14.5. The number of aliphatic imine (C=N–C) groups is 1. The molecule has 28 heavy (non-hydrogen) atoms. The first-order chi connectivity index (χ1) is 13.2. The summed E-state index contributed by atoms with van der Waals surface area (Å²) in [6.45, 7) is 5.89. The largest absolute Gasteiger partial charge is 0.384 e. The van der Waals surface area contributed by atoms with E-state index in [4.69, 9.17) is 10.7 Å². The van der Waals surface area contributed by atoms with Gasteiger partial charge >= 0.3 is 0 Å². The highest BCUT2D eigenvalue weighted by atomic mass is 32.2. The van der Waals surface area contributed by atoms with Gasteiger partial charge in [0.05, 0.1) is 12.2 Å². The molecule has 0 saturated carbocycles. The van der Waals surface area contributed by atoms with Gasteiger partial charge < -0.3 is 15.7 Å². The molecule has 1 fully saturated rings. The number of amidine groups is 1. The summed E-state index contributed by atoms with van der Waals surface area (Å²) in [5.41, 5.74) is 5.57. The lowest BCUT2D eigenvalue weighted by Gasteiger charge is -2.34. The second-order valence-corrected chi connectivity index (χ2v) is 9.00. The maximum Gasteiger partial charge on any atom is 0.226 e. The van der Waals surface area contributed by atoms with E-state index in [1.54, 1.807) is 18.7 Å². The molecule has 148 valence electrons. The average Bonchev–Trinajstić information content (AvgIpc) is 3.03. The number of nitrogens with zero attached hydrogens (tertiary/aromatic N) is 4. The first-order valence-corrected chi connectivity index (χ1v) is 10.2. The predicted octanol–water partition coefficient (Wildman–Crippen LogP) is 2.54. The normalized spacial score (nSPS) is 24.8. The molecule has 2 atom stereocenters. The third-order valence-corrected chi connectivity index (χ3v) is 6.39. The third-order valence-electron chi connectivity index (χ3n) is 5.43. The van der Waals surface area contributed by atoms with Crippen LogP contribution in [-0.2, 0) is 11.1 Å². The van der Waals surface area contributed by atoms with Gasteiger partial charge in [-0.15, -0.1) is 0 Å². The zero-order chi connectivity index (χ0) is 20.1. The van der Waals surface area contributed by atoms with Crippen molar-refractivity contribution in [2.75, 3.05) is 23.7 Å². The van der Waals surface area contributed by atoms with Crippen molar-refractivity contribution in [2.24, 2.45) is 16.6 Å². The quantitative estimate of drug-likeness (QED) is 0.822. The van der Waals surface area contributed by atoms with Crippen molar-refractivity contribution in [3.05, 3.63) is 53.1 Å². The van der Waals surface area contributed by atoms with E-state index in [1.807, 2.05) is 23.1 Å². The van der Waals surface area contributed by atoms with E-state index in [0.29, 0.717) is 24.2 Å². The molecule has 0 bridgehead atoms. The number of nitrogens with two attached hydrogens (primary N) is 1. The van der Waals surface area contributed by atoms with Crippen molar-refractivity contribution in [1.29, 1.82) is 0 Å². The number of rotatable bonds is 3. The second-order valence-electron chi connectivity index (χ2n) is 7.96. The molecule has 0 aliphatic carbocycles. The van der Waals surface area contributed by atoms with E-state index in [1.165, 1.54) is 13.8 Å². The third kappa shape index (κ3) is 3.14. The van der Waals surface area contributed by atoms with E-state index in [2.05, 4.69) is 22.1 Å². The van der Waals surface area contributed by atoms with Crippen molar-refractivity contribution in [3.8, 4) is 0 Å². The number of hydrogen-bond acceptors (Lipinski definition) is 7. The average molecular weight is 402 g/mol. The topological polar surface area (TPSA) is 87.6 Å². The number of thioether (sulfide) groups is 1. The van der Waals surface area contributed by atoms with Crippen molar-refractivity contribution in [3.63, 3.8) is 0 Å². The van der Waals surface area contributed by atoms with Crippen molar-refractivity contribution in [1.82, 2.24) is 9.97 Å². The monoisotopic (exact) mass is 401 g/mol. The minimum absolute atomic E-state index is 0.0102. The lowest BCUT2D eigenvalue weighted by Crippen LogP contribution is -2.40. The Kier molecular flexibility index (Phi) is 4.58. The smallest absolute Gasteiger partial charge is 0.226 e. The van der Waals surface area contributed by atoms with Gasteiger partial charge in [0.2, 0.25) is 5.95 Å². The van der Waals surface area contributed by atoms with Crippen molar-refractivity contribution >= 4 is 22.9 Å². The van der Waals surface area contributed by atoms with Crippen LogP contribution in [0.3, 0.4) is 0 Å². The number of anilines is 1. The van der Waals surface area contributed by atoms with Gasteiger partial charge in [-0.25, -0.2) is 19.4 Å².